The highest BCUT2D eigenvalue weighted by Gasteiger charge is 2.26. The van der Waals surface area contributed by atoms with Crippen molar-refractivity contribution in [1.82, 2.24) is 4.57 Å². The largest absolute Gasteiger partial charge is 0.348 e. The second kappa shape index (κ2) is 5.64. The molecule has 1 heterocycles. The van der Waals surface area contributed by atoms with E-state index in [0.717, 1.165) is 27.7 Å². The quantitative estimate of drug-likeness (QED) is 0.541. The van der Waals surface area contributed by atoms with Crippen molar-refractivity contribution >= 4 is 10.9 Å². The van der Waals surface area contributed by atoms with Gasteiger partial charge in [-0.1, -0.05) is 48.5 Å². The van der Waals surface area contributed by atoms with Crippen LogP contribution < -0.4 is 0 Å². The van der Waals surface area contributed by atoms with Crippen molar-refractivity contribution in [3.05, 3.63) is 81.5 Å². The number of fused-ring (bicyclic) bond motifs is 1. The lowest BCUT2D eigenvalue weighted by atomic mass is 9.89. The molecule has 1 atom stereocenters. The minimum Gasteiger partial charge on any atom is -0.348 e. The van der Waals surface area contributed by atoms with Crippen molar-refractivity contribution in [3.8, 4) is 0 Å². The third-order valence-electron chi connectivity index (χ3n) is 4.33. The van der Waals surface area contributed by atoms with E-state index in [1.807, 2.05) is 62.5 Å². The maximum Gasteiger partial charge on any atom is 0.214 e. The Labute approximate surface area is 129 Å². The molecule has 0 saturated carbocycles. The average Bonchev–Trinajstić information content (AvgIpc) is 2.78. The van der Waals surface area contributed by atoms with E-state index in [-0.39, 0.29) is 17.4 Å². The van der Waals surface area contributed by atoms with E-state index < -0.39 is 0 Å². The van der Waals surface area contributed by atoms with E-state index >= 15 is 0 Å². The minimum absolute atomic E-state index is 0.0984. The molecule has 0 aliphatic rings. The summed E-state index contributed by atoms with van der Waals surface area (Å²) in [7, 11) is 2.01. The number of hydrogen-bond acceptors (Lipinski definition) is 2. The van der Waals surface area contributed by atoms with Gasteiger partial charge in [0.15, 0.2) is 0 Å². The Morgan fingerprint density at radius 1 is 1.09 bits per heavy atom. The molecule has 4 heteroatoms. The summed E-state index contributed by atoms with van der Waals surface area (Å²) in [6.45, 7) is 1.93. The van der Waals surface area contributed by atoms with E-state index in [1.54, 1.807) is 0 Å². The van der Waals surface area contributed by atoms with Crippen molar-refractivity contribution in [1.29, 1.82) is 0 Å². The van der Waals surface area contributed by atoms with Crippen molar-refractivity contribution in [3.63, 3.8) is 0 Å². The van der Waals surface area contributed by atoms with Crippen LogP contribution in [-0.2, 0) is 7.05 Å². The molecule has 0 fully saturated rings. The van der Waals surface area contributed by atoms with Gasteiger partial charge in [0.1, 0.15) is 0 Å². The molecule has 2 aromatic carbocycles. The molecule has 0 N–H and O–H groups in total. The topological polar surface area (TPSA) is 48.1 Å². The Kier molecular flexibility index (Phi) is 3.67. The highest BCUT2D eigenvalue weighted by Crippen LogP contribution is 2.35. The third kappa shape index (κ3) is 2.37. The molecular weight excluding hydrogens is 276 g/mol. The predicted molar refractivity (Wildman–Crippen MR) is 87.8 cm³/mol. The number of aromatic nitrogens is 1. The fourth-order valence-corrected chi connectivity index (χ4v) is 3.19. The van der Waals surface area contributed by atoms with Crippen LogP contribution in [0.25, 0.3) is 10.9 Å². The van der Waals surface area contributed by atoms with Crippen molar-refractivity contribution < 1.29 is 4.92 Å². The molecule has 0 aliphatic heterocycles. The molecule has 0 aliphatic carbocycles. The zero-order chi connectivity index (χ0) is 15.7. The van der Waals surface area contributed by atoms with E-state index in [9.17, 15) is 10.1 Å². The van der Waals surface area contributed by atoms with Gasteiger partial charge in [-0.25, -0.2) is 0 Å². The zero-order valence-corrected chi connectivity index (χ0v) is 12.7. The van der Waals surface area contributed by atoms with Gasteiger partial charge in [0, 0.05) is 28.6 Å². The normalized spacial score (nSPS) is 12.5. The van der Waals surface area contributed by atoms with Crippen molar-refractivity contribution in [2.75, 3.05) is 6.54 Å². The molecule has 22 heavy (non-hydrogen) atoms. The summed E-state index contributed by atoms with van der Waals surface area (Å²) in [5.41, 5.74) is 4.23. The summed E-state index contributed by atoms with van der Waals surface area (Å²) >= 11 is 0. The smallest absolute Gasteiger partial charge is 0.214 e. The maximum atomic E-state index is 11.2. The number of benzene rings is 2. The van der Waals surface area contributed by atoms with Crippen LogP contribution in [0, 0.1) is 17.0 Å². The number of aryl methyl sites for hydroxylation is 1. The Hall–Kier alpha value is -2.62. The number of nitro groups is 1. The summed E-state index contributed by atoms with van der Waals surface area (Å²) in [5.74, 6) is -0.234. The lowest BCUT2D eigenvalue weighted by Crippen LogP contribution is -2.15. The molecular formula is C18H18N2O2. The Bertz CT molecular complexity index is 822. The molecule has 0 spiro atoms. The van der Waals surface area contributed by atoms with Crippen LogP contribution in [0.15, 0.2) is 54.6 Å². The molecule has 0 saturated heterocycles. The average molecular weight is 294 g/mol. The van der Waals surface area contributed by atoms with E-state index in [1.165, 1.54) is 0 Å². The molecule has 0 bridgehead atoms. The van der Waals surface area contributed by atoms with Crippen molar-refractivity contribution in [2.45, 2.75) is 12.8 Å². The standard InChI is InChI=1S/C18H18N2O2/c1-13-18(15-10-6-7-11-17(15)19(13)2)16(12-20(21)22)14-8-4-3-5-9-14/h3-11,16H,12H2,1-2H3. The predicted octanol–water partition coefficient (Wildman–Crippen LogP) is 3.90. The van der Waals surface area contributed by atoms with Gasteiger partial charge in [-0.3, -0.25) is 10.1 Å². The van der Waals surface area contributed by atoms with E-state index in [4.69, 9.17) is 0 Å². The fourth-order valence-electron chi connectivity index (χ4n) is 3.19. The molecule has 3 rings (SSSR count). The van der Waals surface area contributed by atoms with Gasteiger partial charge in [0.2, 0.25) is 6.54 Å². The van der Waals surface area contributed by atoms with Crippen LogP contribution >= 0.6 is 0 Å². The van der Waals surface area contributed by atoms with E-state index in [2.05, 4.69) is 10.6 Å². The zero-order valence-electron chi connectivity index (χ0n) is 12.7. The second-order valence-electron chi connectivity index (χ2n) is 5.55. The fraction of sp³-hybridized carbons (Fsp3) is 0.222. The van der Waals surface area contributed by atoms with Gasteiger partial charge in [-0.15, -0.1) is 0 Å². The van der Waals surface area contributed by atoms with Crippen LogP contribution in [0.5, 0.6) is 0 Å². The molecule has 0 radical (unpaired) electrons. The molecule has 1 unspecified atom stereocenters. The first-order valence-corrected chi connectivity index (χ1v) is 7.30. The van der Waals surface area contributed by atoms with Crippen LogP contribution in [0.3, 0.4) is 0 Å². The molecule has 4 nitrogen and oxygen atoms in total. The number of rotatable bonds is 4. The van der Waals surface area contributed by atoms with Gasteiger partial charge in [-0.05, 0) is 24.1 Å². The second-order valence-corrected chi connectivity index (χ2v) is 5.55. The summed E-state index contributed by atoms with van der Waals surface area (Å²) in [5, 5.41) is 12.3. The highest BCUT2D eigenvalue weighted by molar-refractivity contribution is 5.86. The van der Waals surface area contributed by atoms with Gasteiger partial charge in [0.25, 0.3) is 0 Å². The lowest BCUT2D eigenvalue weighted by Gasteiger charge is -2.14. The summed E-state index contributed by atoms with van der Waals surface area (Å²) in [6, 6.07) is 17.8. The van der Waals surface area contributed by atoms with Crippen LogP contribution in [0.4, 0.5) is 0 Å². The Morgan fingerprint density at radius 2 is 1.73 bits per heavy atom. The number of para-hydroxylation sites is 1. The summed E-state index contributed by atoms with van der Waals surface area (Å²) in [4.78, 5) is 11.0. The van der Waals surface area contributed by atoms with Gasteiger partial charge in [-0.2, -0.15) is 0 Å². The SMILES string of the molecule is Cc1c(C(C[N+](=O)[O-])c2ccccc2)c2ccccc2n1C. The van der Waals surface area contributed by atoms with Crippen LogP contribution in [-0.4, -0.2) is 16.0 Å². The minimum atomic E-state index is -0.234. The first-order chi connectivity index (χ1) is 10.6. The van der Waals surface area contributed by atoms with Crippen LogP contribution in [0.1, 0.15) is 22.7 Å². The van der Waals surface area contributed by atoms with Gasteiger partial charge >= 0.3 is 0 Å². The monoisotopic (exact) mass is 294 g/mol. The molecule has 3 aromatic rings. The molecule has 0 amide bonds. The third-order valence-corrected chi connectivity index (χ3v) is 4.33. The highest BCUT2D eigenvalue weighted by atomic mass is 16.6. The first kappa shape index (κ1) is 14.3. The first-order valence-electron chi connectivity index (χ1n) is 7.30. The lowest BCUT2D eigenvalue weighted by molar-refractivity contribution is -0.481. The Balaban J connectivity index is 2.25. The molecule has 112 valence electrons. The number of nitrogens with zero attached hydrogens (tertiary/aromatic N) is 2. The van der Waals surface area contributed by atoms with Gasteiger partial charge in [0.05, 0.1) is 5.92 Å². The van der Waals surface area contributed by atoms with Crippen molar-refractivity contribution in [2.24, 2.45) is 7.05 Å². The summed E-state index contributed by atoms with van der Waals surface area (Å²) < 4.78 is 2.11. The van der Waals surface area contributed by atoms with Gasteiger partial charge < -0.3 is 4.57 Å². The van der Waals surface area contributed by atoms with Crippen LogP contribution in [0.2, 0.25) is 0 Å². The molecule has 1 aromatic heterocycles. The Morgan fingerprint density at radius 3 is 2.41 bits per heavy atom. The van der Waals surface area contributed by atoms with E-state index in [0.29, 0.717) is 0 Å². The maximum absolute atomic E-state index is 11.2. The number of hydrogen-bond donors (Lipinski definition) is 0. The summed E-state index contributed by atoms with van der Waals surface area (Å²) in [6.07, 6.45) is 0.